The molecule has 3 aromatic heterocycles. The van der Waals surface area contributed by atoms with E-state index in [0.29, 0.717) is 47.1 Å². The van der Waals surface area contributed by atoms with Crippen LogP contribution in [0.3, 0.4) is 0 Å². The Hall–Kier alpha value is -6.14. The van der Waals surface area contributed by atoms with Crippen molar-refractivity contribution in [1.82, 2.24) is 39.7 Å². The van der Waals surface area contributed by atoms with E-state index in [0.717, 1.165) is 4.90 Å². The summed E-state index contributed by atoms with van der Waals surface area (Å²) in [7, 11) is 0. The number of carboxylic acids is 4. The van der Waals surface area contributed by atoms with Crippen molar-refractivity contribution in [2.45, 2.75) is 38.4 Å². The average molecular weight is 730 g/mol. The van der Waals surface area contributed by atoms with Crippen LogP contribution in [0.4, 0.5) is 5.69 Å². The summed E-state index contributed by atoms with van der Waals surface area (Å²) in [5.41, 5.74) is 1.65. The molecule has 1 atom stereocenters. The SMILES string of the molecule is O=C([O-])CN(CC(=O)[O-])Cc1ccn(-c2cccc(-n3ccc(CN(CC(=O)[O-])C(CCCCNC(=O)c4ccc(N=C=S)cc4)C(=O)[O-])n3)n2)n1. The number of hydrogen-bond acceptors (Lipinski definition) is 16. The normalized spacial score (nSPS) is 11.6. The first kappa shape index (κ1) is 38.7. The number of hydrogen-bond donors (Lipinski definition) is 1. The molecule has 0 saturated carbocycles. The van der Waals surface area contributed by atoms with E-state index in [4.69, 9.17) is 0 Å². The Kier molecular flexibility index (Phi) is 13.9. The van der Waals surface area contributed by atoms with Gasteiger partial charge in [0.15, 0.2) is 11.6 Å². The first-order valence-corrected chi connectivity index (χ1v) is 16.1. The van der Waals surface area contributed by atoms with Gasteiger partial charge in [0.2, 0.25) is 0 Å². The number of rotatable bonds is 21. The van der Waals surface area contributed by atoms with Crippen LogP contribution < -0.4 is 25.7 Å². The van der Waals surface area contributed by atoms with Crippen molar-refractivity contribution in [2.75, 3.05) is 26.2 Å². The van der Waals surface area contributed by atoms with Crippen LogP contribution in [0, 0.1) is 0 Å². The van der Waals surface area contributed by atoms with Crippen LogP contribution in [-0.2, 0) is 32.3 Å². The summed E-state index contributed by atoms with van der Waals surface area (Å²) in [5.74, 6) is -5.53. The molecule has 1 unspecified atom stereocenters. The van der Waals surface area contributed by atoms with Gasteiger partial charge >= 0.3 is 0 Å². The Labute approximate surface area is 301 Å². The van der Waals surface area contributed by atoms with Gasteiger partial charge in [0.25, 0.3) is 5.91 Å². The van der Waals surface area contributed by atoms with Gasteiger partial charge in [-0.15, -0.1) is 0 Å². The van der Waals surface area contributed by atoms with Crippen molar-refractivity contribution in [3.05, 3.63) is 83.9 Å². The minimum Gasteiger partial charge on any atom is -0.549 e. The minimum atomic E-state index is -1.49. The summed E-state index contributed by atoms with van der Waals surface area (Å²) in [5, 5.41) is 59.5. The fourth-order valence-electron chi connectivity index (χ4n) is 5.18. The largest absolute Gasteiger partial charge is 0.549 e. The number of aliphatic imine (C=N–C) groups is 1. The van der Waals surface area contributed by atoms with Gasteiger partial charge in [0.1, 0.15) is 0 Å². The summed E-state index contributed by atoms with van der Waals surface area (Å²) in [6, 6.07) is 13.2. The minimum absolute atomic E-state index is 0.0318. The number of amides is 1. The number of benzene rings is 1. The summed E-state index contributed by atoms with van der Waals surface area (Å²) in [4.78, 5) is 68.8. The summed E-state index contributed by atoms with van der Waals surface area (Å²) in [6.45, 7) is -2.00. The van der Waals surface area contributed by atoms with E-state index in [-0.39, 0.29) is 32.0 Å². The lowest BCUT2D eigenvalue weighted by atomic mass is 10.1. The molecule has 1 N–H and O–H groups in total. The molecule has 0 radical (unpaired) electrons. The molecule has 0 saturated heterocycles. The number of isothiocyanates is 1. The number of thiocarbonyl (C=S) groups is 1. The zero-order chi connectivity index (χ0) is 37.6. The van der Waals surface area contributed by atoms with Crippen LogP contribution in [0.2, 0.25) is 0 Å². The third kappa shape index (κ3) is 11.7. The van der Waals surface area contributed by atoms with Gasteiger partial charge < -0.3 is 44.9 Å². The molecule has 272 valence electrons. The number of aliphatic carboxylic acids is 4. The third-order valence-electron chi connectivity index (χ3n) is 7.47. The van der Waals surface area contributed by atoms with Gasteiger partial charge in [-0.05, 0) is 80.0 Å². The van der Waals surface area contributed by atoms with Crippen LogP contribution >= 0.6 is 12.2 Å². The highest BCUT2D eigenvalue weighted by Crippen LogP contribution is 2.16. The average Bonchev–Trinajstić information content (AvgIpc) is 3.76. The van der Waals surface area contributed by atoms with Gasteiger partial charge in [-0.25, -0.2) is 14.3 Å². The standard InChI is InChI=1S/C33H35N9O9S/c43-29(44)18-39(19-30(45)46)16-24-11-14-41(37-24)27-5-3-6-28(36-27)42-15-12-25(38-42)17-40(20-31(47)48)26(33(50)51)4-1-2-13-34-32(49)22-7-9-23(10-8-22)35-21-52/h3,5-12,14-15,26H,1-2,4,13,16-20H2,(H,34,49)(H,43,44)(H,45,46)(H,47,48)(H,50,51)/p-4. The van der Waals surface area contributed by atoms with E-state index in [1.165, 1.54) is 14.3 Å². The van der Waals surface area contributed by atoms with Gasteiger partial charge in [-0.3, -0.25) is 14.6 Å². The highest BCUT2D eigenvalue weighted by molar-refractivity contribution is 7.78. The number of pyridine rings is 1. The van der Waals surface area contributed by atoms with Crippen LogP contribution in [0.5, 0.6) is 0 Å². The van der Waals surface area contributed by atoms with Gasteiger partial charge in [-0.2, -0.15) is 15.2 Å². The Morgan fingerprint density at radius 2 is 1.37 bits per heavy atom. The predicted octanol–water partition coefficient (Wildman–Crippen LogP) is -3.24. The molecular weight excluding hydrogens is 698 g/mol. The maximum Gasteiger partial charge on any atom is 0.251 e. The highest BCUT2D eigenvalue weighted by Gasteiger charge is 2.21. The number of carbonyl (C=O) groups is 5. The van der Waals surface area contributed by atoms with Crippen LogP contribution in [-0.4, -0.2) is 102 Å². The number of carbonyl (C=O) groups excluding carboxylic acids is 5. The lowest BCUT2D eigenvalue weighted by molar-refractivity contribution is -0.316. The summed E-state index contributed by atoms with van der Waals surface area (Å²) in [6.07, 6.45) is 3.88. The number of unbranched alkanes of at least 4 members (excludes halogenated alkanes) is 1. The lowest BCUT2D eigenvalue weighted by Crippen LogP contribution is -2.51. The van der Waals surface area contributed by atoms with Crippen LogP contribution in [0.15, 0.2) is 72.0 Å². The van der Waals surface area contributed by atoms with E-state index in [1.54, 1.807) is 67.0 Å². The Balaban J connectivity index is 1.37. The molecular formula is C33H31N9O9S-4. The maximum atomic E-state index is 12.4. The molecule has 0 aliphatic carbocycles. The number of carboxylic acid groups (broad SMARTS) is 4. The summed E-state index contributed by atoms with van der Waals surface area (Å²) >= 11 is 4.56. The second-order valence-corrected chi connectivity index (χ2v) is 11.5. The van der Waals surface area contributed by atoms with Crippen molar-refractivity contribution in [3.63, 3.8) is 0 Å². The van der Waals surface area contributed by atoms with Gasteiger partial charge in [0, 0.05) is 57.2 Å². The molecule has 19 heteroatoms. The fraction of sp³-hybridized carbons (Fsp3) is 0.303. The van der Waals surface area contributed by atoms with Crippen molar-refractivity contribution in [2.24, 2.45) is 4.99 Å². The Morgan fingerprint density at radius 1 is 0.788 bits per heavy atom. The van der Waals surface area contributed by atoms with E-state index >= 15 is 0 Å². The molecule has 1 amide bonds. The van der Waals surface area contributed by atoms with Crippen LogP contribution in [0.25, 0.3) is 11.6 Å². The molecule has 0 aliphatic heterocycles. The van der Waals surface area contributed by atoms with E-state index in [2.05, 4.69) is 42.9 Å². The molecule has 0 bridgehead atoms. The van der Waals surface area contributed by atoms with Gasteiger partial charge in [-0.1, -0.05) is 6.07 Å². The predicted molar refractivity (Wildman–Crippen MR) is 175 cm³/mol. The van der Waals surface area contributed by atoms with Crippen molar-refractivity contribution >= 4 is 52.9 Å². The second-order valence-electron chi connectivity index (χ2n) is 11.4. The zero-order valence-electron chi connectivity index (χ0n) is 27.5. The van der Waals surface area contributed by atoms with E-state index in [9.17, 15) is 44.4 Å². The first-order valence-electron chi connectivity index (χ1n) is 15.7. The highest BCUT2D eigenvalue weighted by atomic mass is 32.1. The fourth-order valence-corrected chi connectivity index (χ4v) is 5.29. The summed E-state index contributed by atoms with van der Waals surface area (Å²) < 4.78 is 2.80. The molecule has 4 aromatic rings. The van der Waals surface area contributed by atoms with E-state index in [1.807, 2.05) is 0 Å². The monoisotopic (exact) mass is 729 g/mol. The Bertz CT molecular complexity index is 1920. The Morgan fingerprint density at radius 3 is 1.90 bits per heavy atom. The molecule has 18 nitrogen and oxygen atoms in total. The molecule has 52 heavy (non-hydrogen) atoms. The third-order valence-corrected chi connectivity index (χ3v) is 7.56. The zero-order valence-corrected chi connectivity index (χ0v) is 28.3. The number of aromatic nitrogens is 5. The van der Waals surface area contributed by atoms with E-state index < -0.39 is 49.6 Å². The first-order chi connectivity index (χ1) is 24.9. The molecule has 0 spiro atoms. The quantitative estimate of drug-likeness (QED) is 0.0502. The molecule has 0 aliphatic rings. The van der Waals surface area contributed by atoms with Crippen LogP contribution in [0.1, 0.15) is 41.0 Å². The smallest absolute Gasteiger partial charge is 0.251 e. The lowest BCUT2D eigenvalue weighted by Gasteiger charge is -2.32. The maximum absolute atomic E-state index is 12.4. The second kappa shape index (κ2) is 18.7. The van der Waals surface area contributed by atoms with Crippen molar-refractivity contribution in [1.29, 1.82) is 0 Å². The topological polar surface area (TPSA) is 257 Å². The number of nitrogens with one attached hydrogen (secondary N) is 1. The molecule has 0 fully saturated rings. The number of nitrogens with zero attached hydrogens (tertiary/aromatic N) is 8. The molecule has 1 aromatic carbocycles. The van der Waals surface area contributed by atoms with Gasteiger partial charge in [0.05, 0.1) is 52.2 Å². The van der Waals surface area contributed by atoms with Crippen molar-refractivity contribution < 1.29 is 44.4 Å². The molecule has 4 rings (SSSR count). The van der Waals surface area contributed by atoms with Crippen molar-refractivity contribution in [3.8, 4) is 11.6 Å². The molecule has 3 heterocycles.